The molecule has 0 fully saturated rings. The smallest absolute Gasteiger partial charge is 0.0713 e. The molecule has 0 saturated heterocycles. The Morgan fingerprint density at radius 1 is 0.517 bits per heavy atom. The Morgan fingerprint density at radius 3 is 1.07 bits per heavy atom. The van der Waals surface area contributed by atoms with E-state index < -0.39 is 12.1 Å². The van der Waals surface area contributed by atoms with Gasteiger partial charge in [-0.3, -0.25) is 0 Å². The summed E-state index contributed by atoms with van der Waals surface area (Å²) in [5.74, 6) is 0. The summed E-state index contributed by atoms with van der Waals surface area (Å²) in [5, 5.41) is 18.6. The van der Waals surface area contributed by atoms with Gasteiger partial charge in [-0.05, 0) is 6.42 Å². The first-order chi connectivity index (χ1) is 14.2. The molecule has 0 rings (SSSR count). The summed E-state index contributed by atoms with van der Waals surface area (Å²) in [4.78, 5) is 0. The lowest BCUT2D eigenvalue weighted by Gasteiger charge is -2.15. The van der Waals surface area contributed by atoms with E-state index in [2.05, 4.69) is 6.92 Å². The fourth-order valence-electron chi connectivity index (χ4n) is 4.12. The number of aliphatic hydroxyl groups is 2. The highest BCUT2D eigenvalue weighted by Crippen LogP contribution is 2.15. The zero-order chi connectivity index (χ0) is 21.4. The van der Waals surface area contributed by atoms with E-state index in [4.69, 9.17) is 10.8 Å². The molecule has 2 unspecified atom stereocenters. The maximum absolute atomic E-state index is 9.69. The van der Waals surface area contributed by atoms with Crippen LogP contribution in [-0.4, -0.2) is 29.0 Å². The molecule has 2 atom stereocenters. The molecule has 0 radical (unpaired) electrons. The van der Waals surface area contributed by atoms with Crippen LogP contribution in [0, 0.1) is 0 Å². The van der Waals surface area contributed by atoms with Gasteiger partial charge in [0, 0.05) is 0 Å². The first-order valence-corrected chi connectivity index (χ1v) is 13.3. The second kappa shape index (κ2) is 24.2. The van der Waals surface area contributed by atoms with E-state index in [1.165, 1.54) is 128 Å². The number of hydrogen-bond acceptors (Lipinski definition) is 3. The van der Waals surface area contributed by atoms with E-state index in [-0.39, 0.29) is 6.61 Å². The van der Waals surface area contributed by atoms with Crippen LogP contribution in [0.5, 0.6) is 0 Å². The molecular weight excluding hydrogens is 358 g/mol. The molecule has 0 aromatic carbocycles. The van der Waals surface area contributed by atoms with Crippen LogP contribution in [0.25, 0.3) is 0 Å². The zero-order valence-corrected chi connectivity index (χ0v) is 19.9. The average Bonchev–Trinajstić information content (AvgIpc) is 2.74. The Bertz CT molecular complexity index is 298. The van der Waals surface area contributed by atoms with Gasteiger partial charge in [-0.25, -0.2) is 0 Å². The molecule has 3 heteroatoms. The summed E-state index contributed by atoms with van der Waals surface area (Å²) < 4.78 is 0. The monoisotopic (exact) mass is 413 g/mol. The van der Waals surface area contributed by atoms with Crippen molar-refractivity contribution >= 4 is 0 Å². The fourth-order valence-corrected chi connectivity index (χ4v) is 4.12. The third-order valence-electron chi connectivity index (χ3n) is 6.31. The normalized spacial score (nSPS) is 13.7. The predicted octanol–water partition coefficient (Wildman–Crippen LogP) is 7.27. The number of unbranched alkanes of at least 4 members (excludes halogenated alkanes) is 20. The quantitative estimate of drug-likeness (QED) is 0.146. The van der Waals surface area contributed by atoms with Gasteiger partial charge in [0.25, 0.3) is 0 Å². The van der Waals surface area contributed by atoms with Crippen molar-refractivity contribution in [3.63, 3.8) is 0 Å². The number of rotatable bonds is 24. The number of nitrogens with two attached hydrogens (primary N) is 1. The number of aliphatic hydroxyl groups excluding tert-OH is 2. The van der Waals surface area contributed by atoms with Crippen LogP contribution in [0.3, 0.4) is 0 Å². The van der Waals surface area contributed by atoms with Crippen molar-refractivity contribution in [1.82, 2.24) is 0 Å². The third kappa shape index (κ3) is 22.4. The third-order valence-corrected chi connectivity index (χ3v) is 6.31. The van der Waals surface area contributed by atoms with Gasteiger partial charge in [0.2, 0.25) is 0 Å². The lowest BCUT2D eigenvalue weighted by molar-refractivity contribution is 0.0990. The van der Waals surface area contributed by atoms with E-state index in [0.29, 0.717) is 0 Å². The summed E-state index contributed by atoms with van der Waals surface area (Å²) in [6, 6.07) is -0.472. The van der Waals surface area contributed by atoms with Gasteiger partial charge in [0.05, 0.1) is 18.8 Å². The van der Waals surface area contributed by atoms with Crippen LogP contribution in [-0.2, 0) is 0 Å². The van der Waals surface area contributed by atoms with Crippen molar-refractivity contribution < 1.29 is 10.2 Å². The zero-order valence-electron chi connectivity index (χ0n) is 19.9. The molecule has 0 bridgehead atoms. The second-order valence-corrected chi connectivity index (χ2v) is 9.27. The lowest BCUT2D eigenvalue weighted by atomic mass is 10.0. The van der Waals surface area contributed by atoms with E-state index in [0.717, 1.165) is 12.8 Å². The van der Waals surface area contributed by atoms with Gasteiger partial charge in [0.1, 0.15) is 0 Å². The Labute approximate surface area is 183 Å². The maximum Gasteiger partial charge on any atom is 0.0713 e. The van der Waals surface area contributed by atoms with Gasteiger partial charge in [0.15, 0.2) is 0 Å². The van der Waals surface area contributed by atoms with E-state index >= 15 is 0 Å². The average molecular weight is 414 g/mol. The molecule has 0 saturated carbocycles. The first kappa shape index (κ1) is 28.9. The van der Waals surface area contributed by atoms with Crippen molar-refractivity contribution in [3.8, 4) is 0 Å². The Balaban J connectivity index is 3.07. The molecule has 0 aliphatic heterocycles. The van der Waals surface area contributed by atoms with Crippen molar-refractivity contribution in [1.29, 1.82) is 0 Å². The molecule has 176 valence electrons. The van der Waals surface area contributed by atoms with Crippen molar-refractivity contribution in [2.24, 2.45) is 5.73 Å². The van der Waals surface area contributed by atoms with E-state index in [1.54, 1.807) is 0 Å². The van der Waals surface area contributed by atoms with Crippen LogP contribution < -0.4 is 5.73 Å². The van der Waals surface area contributed by atoms with Gasteiger partial charge >= 0.3 is 0 Å². The highest BCUT2D eigenvalue weighted by Gasteiger charge is 2.12. The molecule has 0 aromatic heterocycles. The molecule has 4 N–H and O–H groups in total. The summed E-state index contributed by atoms with van der Waals surface area (Å²) >= 11 is 0. The van der Waals surface area contributed by atoms with Crippen molar-refractivity contribution in [2.45, 2.75) is 160 Å². The van der Waals surface area contributed by atoms with Crippen LogP contribution in [0.2, 0.25) is 0 Å². The van der Waals surface area contributed by atoms with Crippen LogP contribution in [0.15, 0.2) is 0 Å². The van der Waals surface area contributed by atoms with E-state index in [9.17, 15) is 5.11 Å². The molecule has 3 nitrogen and oxygen atoms in total. The molecule has 0 heterocycles. The summed E-state index contributed by atoms with van der Waals surface area (Å²) in [5.41, 5.74) is 5.61. The first-order valence-electron chi connectivity index (χ1n) is 13.3. The highest BCUT2D eigenvalue weighted by molar-refractivity contribution is 4.70. The van der Waals surface area contributed by atoms with Crippen LogP contribution in [0.1, 0.15) is 148 Å². The maximum atomic E-state index is 9.69. The minimum Gasteiger partial charge on any atom is -0.395 e. The van der Waals surface area contributed by atoms with E-state index in [1.807, 2.05) is 0 Å². The minimum absolute atomic E-state index is 0.125. The number of hydrogen-bond donors (Lipinski definition) is 3. The molecule has 29 heavy (non-hydrogen) atoms. The predicted molar refractivity (Wildman–Crippen MR) is 128 cm³/mol. The topological polar surface area (TPSA) is 66.5 Å². The van der Waals surface area contributed by atoms with Gasteiger partial charge in [-0.2, -0.15) is 0 Å². The summed E-state index contributed by atoms with van der Waals surface area (Å²) in [6.45, 7) is 2.16. The largest absolute Gasteiger partial charge is 0.395 e. The van der Waals surface area contributed by atoms with Crippen LogP contribution >= 0.6 is 0 Å². The van der Waals surface area contributed by atoms with Crippen molar-refractivity contribution in [3.05, 3.63) is 0 Å². The molecule has 0 aromatic rings. The molecular formula is C26H55NO2. The Morgan fingerprint density at radius 2 is 0.793 bits per heavy atom. The molecule has 0 spiro atoms. The van der Waals surface area contributed by atoms with Gasteiger partial charge in [-0.15, -0.1) is 0 Å². The summed E-state index contributed by atoms with van der Waals surface area (Å²) in [6.07, 6.45) is 29.3. The van der Waals surface area contributed by atoms with Gasteiger partial charge < -0.3 is 15.9 Å². The Hall–Kier alpha value is -0.120. The molecule has 0 amide bonds. The standard InChI is InChI=1S/C26H55NO2/c1-2-3-4-5-6-7-8-9-10-11-12-13-14-15-16-17-18-19-20-21-22-23-26(29)25(27)24-28/h25-26,28-29H,2-24,27H2,1H3. The molecule has 0 aliphatic rings. The minimum atomic E-state index is -0.541. The summed E-state index contributed by atoms with van der Waals surface area (Å²) in [7, 11) is 0. The Kier molecular flexibility index (Phi) is 24.1. The second-order valence-electron chi connectivity index (χ2n) is 9.27. The lowest BCUT2D eigenvalue weighted by Crippen LogP contribution is -2.37. The highest BCUT2D eigenvalue weighted by atomic mass is 16.3. The van der Waals surface area contributed by atoms with Crippen molar-refractivity contribution in [2.75, 3.05) is 6.61 Å². The van der Waals surface area contributed by atoms with Crippen LogP contribution in [0.4, 0.5) is 0 Å². The molecule has 0 aliphatic carbocycles. The fraction of sp³-hybridized carbons (Fsp3) is 1.00. The SMILES string of the molecule is CCCCCCCCCCCCCCCCCCCCCCCC(O)C(N)CO. The van der Waals surface area contributed by atoms with Gasteiger partial charge in [-0.1, -0.05) is 142 Å².